The molecule has 0 saturated heterocycles. The van der Waals surface area contributed by atoms with Gasteiger partial charge in [0.05, 0.1) is 12.7 Å². The van der Waals surface area contributed by atoms with Crippen molar-refractivity contribution in [3.63, 3.8) is 0 Å². The molecule has 1 atom stereocenters. The molecule has 1 aliphatic rings. The number of aliphatic hydroxyl groups excluding tert-OH is 1. The van der Waals surface area contributed by atoms with E-state index in [1.165, 1.54) is 25.7 Å². The average Bonchev–Trinajstić information content (AvgIpc) is 2.48. The van der Waals surface area contributed by atoms with Gasteiger partial charge in [-0.05, 0) is 51.6 Å². The molecule has 1 aromatic carbocycles. The molecule has 1 saturated carbocycles. The summed E-state index contributed by atoms with van der Waals surface area (Å²) >= 11 is 0. The molecule has 1 aliphatic carbocycles. The van der Waals surface area contributed by atoms with Crippen LogP contribution in [-0.2, 0) is 0 Å². The minimum absolute atomic E-state index is 0.489. The van der Waals surface area contributed by atoms with Crippen LogP contribution in [0.2, 0.25) is 0 Å². The third-order valence-corrected chi connectivity index (χ3v) is 4.65. The summed E-state index contributed by atoms with van der Waals surface area (Å²) in [5.74, 6) is 1.66. The van der Waals surface area contributed by atoms with Gasteiger partial charge in [0, 0.05) is 18.2 Å². The van der Waals surface area contributed by atoms with E-state index in [0.29, 0.717) is 19.2 Å². The van der Waals surface area contributed by atoms with Crippen LogP contribution in [0.3, 0.4) is 0 Å². The number of aliphatic hydroxyl groups is 1. The lowest BCUT2D eigenvalue weighted by Gasteiger charge is -2.34. The molecule has 1 unspecified atom stereocenters. The largest absolute Gasteiger partial charge is 0.493 e. The molecular weight excluding hydrogens is 262 g/mol. The number of benzene rings is 1. The molecule has 3 heteroatoms. The van der Waals surface area contributed by atoms with Crippen LogP contribution in [0.15, 0.2) is 24.3 Å². The van der Waals surface area contributed by atoms with Crippen molar-refractivity contribution >= 4 is 0 Å². The van der Waals surface area contributed by atoms with E-state index in [0.717, 1.165) is 17.2 Å². The van der Waals surface area contributed by atoms with Crippen LogP contribution in [0.25, 0.3) is 0 Å². The normalized spacial score (nSPS) is 24.0. The zero-order valence-corrected chi connectivity index (χ0v) is 13.6. The quantitative estimate of drug-likeness (QED) is 0.868. The van der Waals surface area contributed by atoms with Crippen LogP contribution in [0, 0.1) is 5.92 Å². The van der Waals surface area contributed by atoms with E-state index in [2.05, 4.69) is 18.9 Å². The van der Waals surface area contributed by atoms with Gasteiger partial charge in [0.15, 0.2) is 0 Å². The standard InChI is InChI=1S/C18H29NO2/c1-4-21-18-8-6-5-7-16(18)17(20)13-19(3)15-11-9-14(2)10-12-15/h5-8,14-15,17,20H,4,9-13H2,1-3H3. The first kappa shape index (κ1) is 16.3. The Bertz CT molecular complexity index is 427. The van der Waals surface area contributed by atoms with E-state index < -0.39 is 6.10 Å². The Balaban J connectivity index is 1.95. The average molecular weight is 291 g/mol. The van der Waals surface area contributed by atoms with E-state index in [9.17, 15) is 5.11 Å². The summed E-state index contributed by atoms with van der Waals surface area (Å²) in [6.45, 7) is 5.60. The number of para-hydroxylation sites is 1. The maximum atomic E-state index is 10.6. The summed E-state index contributed by atoms with van der Waals surface area (Å²) in [6, 6.07) is 8.42. The Hall–Kier alpha value is -1.06. The zero-order valence-electron chi connectivity index (χ0n) is 13.6. The molecule has 3 nitrogen and oxygen atoms in total. The fourth-order valence-electron chi connectivity index (χ4n) is 3.25. The van der Waals surface area contributed by atoms with Crippen LogP contribution < -0.4 is 4.74 Å². The molecule has 0 bridgehead atoms. The topological polar surface area (TPSA) is 32.7 Å². The van der Waals surface area contributed by atoms with E-state index in [1.54, 1.807) is 0 Å². The van der Waals surface area contributed by atoms with Gasteiger partial charge >= 0.3 is 0 Å². The summed E-state index contributed by atoms with van der Waals surface area (Å²) in [6.07, 6.45) is 4.62. The molecule has 21 heavy (non-hydrogen) atoms. The van der Waals surface area contributed by atoms with Gasteiger partial charge in [0.25, 0.3) is 0 Å². The Labute approximate surface area is 128 Å². The van der Waals surface area contributed by atoms with Gasteiger partial charge in [-0.3, -0.25) is 0 Å². The van der Waals surface area contributed by atoms with E-state index in [1.807, 2.05) is 31.2 Å². The Morgan fingerprint density at radius 3 is 2.57 bits per heavy atom. The van der Waals surface area contributed by atoms with Crippen molar-refractivity contribution in [1.82, 2.24) is 4.90 Å². The Kier molecular flexibility index (Phi) is 6.07. The number of ether oxygens (including phenoxy) is 1. The van der Waals surface area contributed by atoms with Crippen molar-refractivity contribution in [1.29, 1.82) is 0 Å². The Morgan fingerprint density at radius 2 is 1.90 bits per heavy atom. The highest BCUT2D eigenvalue weighted by atomic mass is 16.5. The molecule has 0 amide bonds. The van der Waals surface area contributed by atoms with Crippen molar-refractivity contribution < 1.29 is 9.84 Å². The molecule has 1 N–H and O–H groups in total. The first-order valence-corrected chi connectivity index (χ1v) is 8.21. The first-order valence-electron chi connectivity index (χ1n) is 8.21. The number of likely N-dealkylation sites (N-methyl/N-ethyl adjacent to an activating group) is 1. The number of nitrogens with zero attached hydrogens (tertiary/aromatic N) is 1. The molecule has 0 radical (unpaired) electrons. The van der Waals surface area contributed by atoms with Crippen LogP contribution in [-0.4, -0.2) is 36.2 Å². The summed E-state index contributed by atoms with van der Waals surface area (Å²) < 4.78 is 5.62. The number of hydrogen-bond acceptors (Lipinski definition) is 3. The summed E-state index contributed by atoms with van der Waals surface area (Å²) in [7, 11) is 2.13. The smallest absolute Gasteiger partial charge is 0.125 e. The predicted octanol–water partition coefficient (Wildman–Crippen LogP) is 3.63. The minimum Gasteiger partial charge on any atom is -0.493 e. The second kappa shape index (κ2) is 7.81. The maximum absolute atomic E-state index is 10.6. The summed E-state index contributed by atoms with van der Waals surface area (Å²) in [4.78, 5) is 2.32. The molecule has 0 heterocycles. The van der Waals surface area contributed by atoms with Crippen molar-refractivity contribution in [2.24, 2.45) is 5.92 Å². The van der Waals surface area contributed by atoms with E-state index in [-0.39, 0.29) is 0 Å². The highest BCUT2D eigenvalue weighted by Crippen LogP contribution is 2.29. The van der Waals surface area contributed by atoms with Crippen molar-refractivity contribution in [2.45, 2.75) is 51.7 Å². The monoisotopic (exact) mass is 291 g/mol. The fourth-order valence-corrected chi connectivity index (χ4v) is 3.25. The van der Waals surface area contributed by atoms with E-state index in [4.69, 9.17) is 4.74 Å². The highest BCUT2D eigenvalue weighted by Gasteiger charge is 2.24. The van der Waals surface area contributed by atoms with Gasteiger partial charge in [-0.2, -0.15) is 0 Å². The van der Waals surface area contributed by atoms with Crippen LogP contribution in [0.5, 0.6) is 5.75 Å². The van der Waals surface area contributed by atoms with Crippen molar-refractivity contribution in [3.05, 3.63) is 29.8 Å². The van der Waals surface area contributed by atoms with Crippen LogP contribution in [0.4, 0.5) is 0 Å². The third kappa shape index (κ3) is 4.45. The SMILES string of the molecule is CCOc1ccccc1C(O)CN(C)C1CCC(C)CC1. The predicted molar refractivity (Wildman–Crippen MR) is 86.6 cm³/mol. The lowest BCUT2D eigenvalue weighted by molar-refractivity contribution is 0.0838. The van der Waals surface area contributed by atoms with Crippen molar-refractivity contribution in [2.75, 3.05) is 20.2 Å². The van der Waals surface area contributed by atoms with Gasteiger partial charge in [-0.15, -0.1) is 0 Å². The molecule has 0 aromatic heterocycles. The number of hydrogen-bond donors (Lipinski definition) is 1. The molecule has 2 rings (SSSR count). The zero-order chi connectivity index (χ0) is 15.2. The second-order valence-corrected chi connectivity index (χ2v) is 6.34. The van der Waals surface area contributed by atoms with Crippen LogP contribution >= 0.6 is 0 Å². The second-order valence-electron chi connectivity index (χ2n) is 6.34. The van der Waals surface area contributed by atoms with E-state index >= 15 is 0 Å². The summed E-state index contributed by atoms with van der Waals surface area (Å²) in [5.41, 5.74) is 0.898. The third-order valence-electron chi connectivity index (χ3n) is 4.65. The number of rotatable bonds is 6. The molecule has 1 fully saturated rings. The molecule has 0 aliphatic heterocycles. The van der Waals surface area contributed by atoms with Gasteiger partial charge < -0.3 is 14.7 Å². The van der Waals surface area contributed by atoms with Gasteiger partial charge in [0.1, 0.15) is 5.75 Å². The molecule has 0 spiro atoms. The lowest BCUT2D eigenvalue weighted by Crippen LogP contribution is -2.37. The minimum atomic E-state index is -0.489. The highest BCUT2D eigenvalue weighted by molar-refractivity contribution is 5.35. The van der Waals surface area contributed by atoms with Gasteiger partial charge in [0.2, 0.25) is 0 Å². The first-order chi connectivity index (χ1) is 10.1. The van der Waals surface area contributed by atoms with Crippen LogP contribution in [0.1, 0.15) is 51.2 Å². The summed E-state index contributed by atoms with van der Waals surface area (Å²) in [5, 5.41) is 10.6. The maximum Gasteiger partial charge on any atom is 0.125 e. The molecule has 118 valence electrons. The fraction of sp³-hybridized carbons (Fsp3) is 0.667. The van der Waals surface area contributed by atoms with Gasteiger partial charge in [-0.1, -0.05) is 25.1 Å². The van der Waals surface area contributed by atoms with Crippen molar-refractivity contribution in [3.8, 4) is 5.75 Å². The van der Waals surface area contributed by atoms with Gasteiger partial charge in [-0.25, -0.2) is 0 Å². The molecular formula is C18H29NO2. The molecule has 1 aromatic rings. The Morgan fingerprint density at radius 1 is 1.24 bits per heavy atom. The lowest BCUT2D eigenvalue weighted by atomic mass is 9.86.